The van der Waals surface area contributed by atoms with E-state index in [1.54, 1.807) is 24.3 Å². The minimum absolute atomic E-state index is 0.345. The Kier molecular flexibility index (Phi) is 6.09. The molecule has 0 fully saturated rings. The highest BCUT2D eigenvalue weighted by atomic mass is 16.5. The molecule has 122 valence electrons. The van der Waals surface area contributed by atoms with E-state index < -0.39 is 11.9 Å². The molecule has 1 amide bonds. The summed E-state index contributed by atoms with van der Waals surface area (Å²) in [6, 6.07) is 17.8. The lowest BCUT2D eigenvalue weighted by atomic mass is 9.97. The molecule has 2 aromatic carbocycles. The number of nitrogens with zero attached hydrogens (tertiary/aromatic N) is 1. The third kappa shape index (κ3) is 4.68. The number of carbonyl (C=O) groups is 2. The van der Waals surface area contributed by atoms with E-state index in [2.05, 4.69) is 5.32 Å². The zero-order valence-corrected chi connectivity index (χ0v) is 13.4. The van der Waals surface area contributed by atoms with Crippen LogP contribution in [0.1, 0.15) is 30.4 Å². The van der Waals surface area contributed by atoms with Crippen molar-refractivity contribution in [3.8, 4) is 6.07 Å². The molecule has 0 aliphatic rings. The van der Waals surface area contributed by atoms with Gasteiger partial charge in [-0.2, -0.15) is 5.26 Å². The molecule has 0 unspecified atom stereocenters. The van der Waals surface area contributed by atoms with Crippen LogP contribution < -0.4 is 5.32 Å². The van der Waals surface area contributed by atoms with Gasteiger partial charge in [0, 0.05) is 5.69 Å². The van der Waals surface area contributed by atoms with Crippen LogP contribution in [0.3, 0.4) is 0 Å². The van der Waals surface area contributed by atoms with Gasteiger partial charge in [-0.3, -0.25) is 9.59 Å². The largest absolute Gasteiger partial charge is 0.455 e. The fourth-order valence-corrected chi connectivity index (χ4v) is 2.29. The first-order valence-electron chi connectivity index (χ1n) is 7.65. The molecule has 0 aliphatic heterocycles. The van der Waals surface area contributed by atoms with E-state index in [0.29, 0.717) is 17.7 Å². The summed E-state index contributed by atoms with van der Waals surface area (Å²) in [5.74, 6) is -1.22. The fourth-order valence-electron chi connectivity index (χ4n) is 2.29. The molecule has 0 bridgehead atoms. The number of ether oxygens (including phenoxy) is 1. The zero-order chi connectivity index (χ0) is 17.4. The summed E-state index contributed by atoms with van der Waals surface area (Å²) in [5, 5.41) is 11.3. The van der Waals surface area contributed by atoms with Crippen molar-refractivity contribution < 1.29 is 14.3 Å². The van der Waals surface area contributed by atoms with Crippen LogP contribution in [0.15, 0.2) is 54.6 Å². The monoisotopic (exact) mass is 322 g/mol. The molecule has 0 aliphatic carbocycles. The average molecular weight is 322 g/mol. The van der Waals surface area contributed by atoms with E-state index in [-0.39, 0.29) is 12.5 Å². The van der Waals surface area contributed by atoms with Crippen molar-refractivity contribution in [2.24, 2.45) is 0 Å². The second-order valence-corrected chi connectivity index (χ2v) is 5.22. The van der Waals surface area contributed by atoms with Gasteiger partial charge >= 0.3 is 5.97 Å². The molecule has 2 rings (SSSR count). The summed E-state index contributed by atoms with van der Waals surface area (Å²) in [7, 11) is 0. The maximum absolute atomic E-state index is 12.2. The molecule has 0 spiro atoms. The van der Waals surface area contributed by atoms with Crippen LogP contribution in [-0.4, -0.2) is 18.5 Å². The van der Waals surface area contributed by atoms with Gasteiger partial charge in [-0.15, -0.1) is 0 Å². The third-order valence-electron chi connectivity index (χ3n) is 3.54. The number of carbonyl (C=O) groups excluding carboxylic acids is 2. The molecule has 1 atom stereocenters. The molecule has 1 N–H and O–H groups in total. The van der Waals surface area contributed by atoms with Crippen LogP contribution in [0.4, 0.5) is 5.69 Å². The number of benzene rings is 2. The Morgan fingerprint density at radius 2 is 1.79 bits per heavy atom. The number of anilines is 1. The number of hydrogen-bond acceptors (Lipinski definition) is 4. The van der Waals surface area contributed by atoms with Gasteiger partial charge in [-0.25, -0.2) is 0 Å². The van der Waals surface area contributed by atoms with Crippen molar-refractivity contribution in [3.05, 3.63) is 65.7 Å². The predicted molar refractivity (Wildman–Crippen MR) is 90.2 cm³/mol. The second-order valence-electron chi connectivity index (χ2n) is 5.22. The van der Waals surface area contributed by atoms with Crippen molar-refractivity contribution in [1.82, 2.24) is 0 Å². The number of nitrogens with one attached hydrogen (secondary N) is 1. The van der Waals surface area contributed by atoms with Crippen molar-refractivity contribution in [1.29, 1.82) is 5.26 Å². The maximum atomic E-state index is 12.2. The fraction of sp³-hybridized carbons (Fsp3) is 0.211. The van der Waals surface area contributed by atoms with E-state index in [1.807, 2.05) is 43.3 Å². The highest BCUT2D eigenvalue weighted by molar-refractivity contribution is 5.93. The lowest BCUT2D eigenvalue weighted by molar-refractivity contribution is -0.149. The van der Waals surface area contributed by atoms with Crippen LogP contribution in [-0.2, 0) is 14.3 Å². The van der Waals surface area contributed by atoms with Gasteiger partial charge < -0.3 is 10.1 Å². The number of esters is 1. The van der Waals surface area contributed by atoms with Crippen molar-refractivity contribution >= 4 is 17.6 Å². The Balaban J connectivity index is 1.88. The first-order chi connectivity index (χ1) is 11.6. The Bertz CT molecular complexity index is 733. The van der Waals surface area contributed by atoms with Crippen molar-refractivity contribution in [2.75, 3.05) is 11.9 Å². The number of nitriles is 1. The molecule has 0 aromatic heterocycles. The summed E-state index contributed by atoms with van der Waals surface area (Å²) < 4.78 is 5.13. The van der Waals surface area contributed by atoms with Crippen molar-refractivity contribution in [3.63, 3.8) is 0 Å². The highest BCUT2D eigenvalue weighted by Gasteiger charge is 2.20. The topological polar surface area (TPSA) is 79.2 Å². The van der Waals surface area contributed by atoms with Gasteiger partial charge in [0.1, 0.15) is 0 Å². The Morgan fingerprint density at radius 1 is 1.12 bits per heavy atom. The minimum atomic E-state index is -0.420. The molecule has 5 heteroatoms. The van der Waals surface area contributed by atoms with E-state index in [0.717, 1.165) is 5.56 Å². The molecular formula is C19H18N2O3. The quantitative estimate of drug-likeness (QED) is 0.828. The van der Waals surface area contributed by atoms with Crippen LogP contribution in [0.2, 0.25) is 0 Å². The number of amides is 1. The zero-order valence-electron chi connectivity index (χ0n) is 13.4. The van der Waals surface area contributed by atoms with E-state index in [4.69, 9.17) is 10.00 Å². The predicted octanol–water partition coefficient (Wildman–Crippen LogP) is 3.23. The van der Waals surface area contributed by atoms with E-state index in [9.17, 15) is 9.59 Å². The van der Waals surface area contributed by atoms with Crippen LogP contribution >= 0.6 is 0 Å². The van der Waals surface area contributed by atoms with Crippen LogP contribution in [0.25, 0.3) is 0 Å². The normalized spacial score (nSPS) is 11.2. The molecule has 0 saturated heterocycles. The lowest BCUT2D eigenvalue weighted by Crippen LogP contribution is -2.23. The van der Waals surface area contributed by atoms with E-state index >= 15 is 0 Å². The van der Waals surface area contributed by atoms with Gasteiger partial charge in [0.2, 0.25) is 0 Å². The first-order valence-corrected chi connectivity index (χ1v) is 7.65. The Labute approximate surface area is 140 Å². The first kappa shape index (κ1) is 17.2. The number of rotatable bonds is 6. The second kappa shape index (κ2) is 8.49. The molecule has 0 heterocycles. The Morgan fingerprint density at radius 3 is 2.38 bits per heavy atom. The van der Waals surface area contributed by atoms with Gasteiger partial charge in [-0.1, -0.05) is 37.3 Å². The van der Waals surface area contributed by atoms with Gasteiger partial charge in [0.25, 0.3) is 5.91 Å². The Hall–Kier alpha value is -3.13. The van der Waals surface area contributed by atoms with Gasteiger partial charge in [0.15, 0.2) is 6.61 Å². The molecule has 0 radical (unpaired) electrons. The molecule has 0 saturated carbocycles. The van der Waals surface area contributed by atoms with Crippen LogP contribution in [0, 0.1) is 11.3 Å². The SMILES string of the molecule is CC[C@H](C(=O)OCC(=O)Nc1ccc(C#N)cc1)c1ccccc1. The minimum Gasteiger partial charge on any atom is -0.455 e. The smallest absolute Gasteiger partial charge is 0.313 e. The molecule has 2 aromatic rings. The van der Waals surface area contributed by atoms with Crippen LogP contribution in [0.5, 0.6) is 0 Å². The van der Waals surface area contributed by atoms with Gasteiger partial charge in [-0.05, 0) is 36.2 Å². The summed E-state index contributed by atoms with van der Waals surface area (Å²) >= 11 is 0. The number of hydrogen-bond donors (Lipinski definition) is 1. The third-order valence-corrected chi connectivity index (χ3v) is 3.54. The summed E-state index contributed by atoms with van der Waals surface area (Å²) in [6.45, 7) is 1.55. The van der Waals surface area contributed by atoms with Crippen molar-refractivity contribution in [2.45, 2.75) is 19.3 Å². The molecule has 5 nitrogen and oxygen atoms in total. The van der Waals surface area contributed by atoms with Gasteiger partial charge in [0.05, 0.1) is 17.6 Å². The highest BCUT2D eigenvalue weighted by Crippen LogP contribution is 2.20. The summed E-state index contributed by atoms with van der Waals surface area (Å²) in [5.41, 5.74) is 1.93. The maximum Gasteiger partial charge on any atom is 0.313 e. The lowest BCUT2D eigenvalue weighted by Gasteiger charge is -2.14. The molecule has 24 heavy (non-hydrogen) atoms. The van der Waals surface area contributed by atoms with E-state index in [1.165, 1.54) is 0 Å². The standard InChI is InChI=1S/C19H18N2O3/c1-2-17(15-6-4-3-5-7-15)19(23)24-13-18(22)21-16-10-8-14(12-20)9-11-16/h3-11,17H,2,13H2,1H3,(H,21,22)/t17-/m0/s1. The molecular weight excluding hydrogens is 304 g/mol. The summed E-state index contributed by atoms with van der Waals surface area (Å²) in [6.07, 6.45) is 0.597. The summed E-state index contributed by atoms with van der Waals surface area (Å²) in [4.78, 5) is 24.0. The average Bonchev–Trinajstić information content (AvgIpc) is 2.62.